The van der Waals surface area contributed by atoms with Gasteiger partial charge in [0.25, 0.3) is 0 Å². The zero-order valence-electron chi connectivity index (χ0n) is 12.5. The second-order valence-corrected chi connectivity index (χ2v) is 8.17. The molecule has 3 fully saturated rings. The number of carbonyl (C=O) groups is 1. The zero-order valence-corrected chi connectivity index (χ0v) is 14.1. The normalized spacial score (nSPS) is 43.9. The summed E-state index contributed by atoms with van der Waals surface area (Å²) in [4.78, 5) is 12.4. The second kappa shape index (κ2) is 7.07. The molecular weight excluding hydrogens is 308 g/mol. The molecule has 1 aliphatic carbocycles. The third-order valence-corrected chi connectivity index (χ3v) is 6.58. The molecule has 1 amide bonds. The highest BCUT2D eigenvalue weighted by atomic mass is 35.5. The minimum absolute atomic E-state index is 0.00723. The van der Waals surface area contributed by atoms with Crippen LogP contribution >= 0.6 is 23.4 Å². The van der Waals surface area contributed by atoms with Crippen LogP contribution in [0, 0.1) is 11.8 Å². The third-order valence-electron chi connectivity index (χ3n) is 4.98. The van der Waals surface area contributed by atoms with E-state index in [2.05, 4.69) is 10.6 Å². The molecule has 1 saturated carbocycles. The van der Waals surface area contributed by atoms with Crippen LogP contribution in [-0.4, -0.2) is 41.3 Å². The van der Waals surface area contributed by atoms with E-state index in [0.717, 1.165) is 31.6 Å². The average Bonchev–Trinajstić information content (AvgIpc) is 3.09. The number of hydrogen-bond acceptors (Lipinski definition) is 4. The Hall–Kier alpha value is 0.0300. The van der Waals surface area contributed by atoms with E-state index in [1.54, 1.807) is 11.8 Å². The summed E-state index contributed by atoms with van der Waals surface area (Å²) in [7, 11) is 0. The van der Waals surface area contributed by atoms with E-state index < -0.39 is 0 Å². The fraction of sp³-hybridized carbons (Fsp3) is 0.933. The summed E-state index contributed by atoms with van der Waals surface area (Å²) >= 11 is 8.24. The molecule has 2 aliphatic heterocycles. The number of thioether (sulfide) groups is 1. The maximum atomic E-state index is 12.4. The maximum absolute atomic E-state index is 12.4. The van der Waals surface area contributed by atoms with Gasteiger partial charge in [-0.15, -0.1) is 23.4 Å². The molecule has 6 atom stereocenters. The number of hydrogen-bond donors (Lipinski definition) is 2. The van der Waals surface area contributed by atoms with Crippen molar-refractivity contribution in [1.82, 2.24) is 10.6 Å². The summed E-state index contributed by atoms with van der Waals surface area (Å²) in [5.41, 5.74) is 0.0687. The van der Waals surface area contributed by atoms with Crippen LogP contribution in [0.5, 0.6) is 0 Å². The molecule has 4 nitrogen and oxygen atoms in total. The minimum Gasteiger partial charge on any atom is -0.374 e. The number of nitrogens with one attached hydrogen (secondary N) is 2. The van der Waals surface area contributed by atoms with Gasteiger partial charge in [-0.25, -0.2) is 0 Å². The van der Waals surface area contributed by atoms with Gasteiger partial charge in [0.15, 0.2) is 0 Å². The van der Waals surface area contributed by atoms with Gasteiger partial charge in [-0.2, -0.15) is 0 Å². The molecular formula is C15H25ClN2O2S. The number of ether oxygens (including phenoxy) is 1. The number of rotatable bonds is 3. The van der Waals surface area contributed by atoms with Gasteiger partial charge in [-0.3, -0.25) is 10.1 Å². The van der Waals surface area contributed by atoms with E-state index >= 15 is 0 Å². The summed E-state index contributed by atoms with van der Waals surface area (Å²) in [6.45, 7) is 2.98. The predicted molar refractivity (Wildman–Crippen MR) is 86.4 cm³/mol. The molecule has 3 rings (SSSR count). The standard InChI is InChI=1S/C15H25ClN2O2S/c1-9-11(14(19)18-15-17-6-7-21-15)8-13(20-9)10-4-2-3-5-12(10)16/h9-13,15,17H,2-8H2,1H3,(H,18,19). The monoisotopic (exact) mass is 332 g/mol. The maximum Gasteiger partial charge on any atom is 0.227 e. The Morgan fingerprint density at radius 1 is 1.38 bits per heavy atom. The first-order chi connectivity index (χ1) is 10.1. The highest BCUT2D eigenvalue weighted by molar-refractivity contribution is 8.00. The predicted octanol–water partition coefficient (Wildman–Crippen LogP) is 2.31. The third kappa shape index (κ3) is 3.69. The lowest BCUT2D eigenvalue weighted by Gasteiger charge is -2.31. The van der Waals surface area contributed by atoms with E-state index in [-0.39, 0.29) is 34.9 Å². The molecule has 6 heteroatoms. The second-order valence-electron chi connectivity index (χ2n) is 6.40. The van der Waals surface area contributed by atoms with Crippen molar-refractivity contribution in [2.24, 2.45) is 11.8 Å². The lowest BCUT2D eigenvalue weighted by atomic mass is 9.82. The highest BCUT2D eigenvalue weighted by Crippen LogP contribution is 2.39. The molecule has 0 aromatic carbocycles. The van der Waals surface area contributed by atoms with Crippen molar-refractivity contribution >= 4 is 29.3 Å². The van der Waals surface area contributed by atoms with Gasteiger partial charge in [-0.05, 0) is 26.2 Å². The Kier molecular flexibility index (Phi) is 5.36. The molecule has 3 aliphatic rings. The zero-order chi connectivity index (χ0) is 14.8. The SMILES string of the molecule is CC1OC(C2CCCCC2Cl)CC1C(=O)NC1NCCS1. The fourth-order valence-corrected chi connectivity index (χ4v) is 5.10. The van der Waals surface area contributed by atoms with Crippen molar-refractivity contribution in [2.75, 3.05) is 12.3 Å². The van der Waals surface area contributed by atoms with Gasteiger partial charge < -0.3 is 10.1 Å². The van der Waals surface area contributed by atoms with Crippen molar-refractivity contribution in [2.45, 2.75) is 62.1 Å². The molecule has 0 aromatic rings. The van der Waals surface area contributed by atoms with Crippen molar-refractivity contribution in [3.05, 3.63) is 0 Å². The Morgan fingerprint density at radius 2 is 2.19 bits per heavy atom. The molecule has 0 bridgehead atoms. The van der Waals surface area contributed by atoms with Crippen LogP contribution in [0.2, 0.25) is 0 Å². The Bertz CT molecular complexity index is 379. The van der Waals surface area contributed by atoms with E-state index in [4.69, 9.17) is 16.3 Å². The average molecular weight is 333 g/mol. The largest absolute Gasteiger partial charge is 0.374 e. The van der Waals surface area contributed by atoms with Crippen LogP contribution in [0.15, 0.2) is 0 Å². The van der Waals surface area contributed by atoms with Gasteiger partial charge in [0.05, 0.1) is 18.1 Å². The topological polar surface area (TPSA) is 50.4 Å². The fourth-order valence-electron chi connectivity index (χ4n) is 3.75. The molecule has 6 unspecified atom stereocenters. The smallest absolute Gasteiger partial charge is 0.227 e. The van der Waals surface area contributed by atoms with E-state index in [9.17, 15) is 4.79 Å². The quantitative estimate of drug-likeness (QED) is 0.779. The first kappa shape index (κ1) is 15.9. The first-order valence-corrected chi connectivity index (χ1v) is 9.58. The van der Waals surface area contributed by atoms with Crippen LogP contribution in [-0.2, 0) is 9.53 Å². The number of amides is 1. The molecule has 0 radical (unpaired) electrons. The molecule has 2 heterocycles. The number of alkyl halides is 1. The first-order valence-electron chi connectivity index (χ1n) is 8.10. The number of halogens is 1. The molecule has 2 N–H and O–H groups in total. The highest BCUT2D eigenvalue weighted by Gasteiger charge is 2.43. The van der Waals surface area contributed by atoms with E-state index in [1.807, 2.05) is 6.92 Å². The van der Waals surface area contributed by atoms with Crippen molar-refractivity contribution < 1.29 is 9.53 Å². The Balaban J connectivity index is 1.56. The van der Waals surface area contributed by atoms with Crippen LogP contribution in [0.4, 0.5) is 0 Å². The Morgan fingerprint density at radius 3 is 2.90 bits per heavy atom. The van der Waals surface area contributed by atoms with Gasteiger partial charge in [-0.1, -0.05) is 12.8 Å². The minimum atomic E-state index is -0.0382. The van der Waals surface area contributed by atoms with Crippen molar-refractivity contribution in [1.29, 1.82) is 0 Å². The molecule has 0 spiro atoms. The lowest BCUT2D eigenvalue weighted by molar-refractivity contribution is -0.126. The van der Waals surface area contributed by atoms with Gasteiger partial charge in [0, 0.05) is 23.6 Å². The number of carbonyl (C=O) groups excluding carboxylic acids is 1. The van der Waals surface area contributed by atoms with Crippen molar-refractivity contribution in [3.63, 3.8) is 0 Å². The summed E-state index contributed by atoms with van der Waals surface area (Å²) in [5.74, 6) is 1.56. The van der Waals surface area contributed by atoms with Gasteiger partial charge in [0.1, 0.15) is 5.50 Å². The van der Waals surface area contributed by atoms with E-state index in [0.29, 0.717) is 5.92 Å². The summed E-state index contributed by atoms with van der Waals surface area (Å²) in [6.07, 6.45) is 5.65. The lowest BCUT2D eigenvalue weighted by Crippen LogP contribution is -2.44. The summed E-state index contributed by atoms with van der Waals surface area (Å²) < 4.78 is 6.10. The Labute approximate surface area is 136 Å². The van der Waals surface area contributed by atoms with Crippen LogP contribution in [0.3, 0.4) is 0 Å². The van der Waals surface area contributed by atoms with Crippen LogP contribution in [0.1, 0.15) is 39.0 Å². The van der Waals surface area contributed by atoms with Gasteiger partial charge in [0.2, 0.25) is 5.91 Å². The van der Waals surface area contributed by atoms with Crippen LogP contribution < -0.4 is 10.6 Å². The molecule has 2 saturated heterocycles. The molecule has 0 aromatic heterocycles. The van der Waals surface area contributed by atoms with Crippen LogP contribution in [0.25, 0.3) is 0 Å². The summed E-state index contributed by atoms with van der Waals surface area (Å²) in [5, 5.41) is 6.58. The summed E-state index contributed by atoms with van der Waals surface area (Å²) in [6, 6.07) is 0. The molecule has 120 valence electrons. The van der Waals surface area contributed by atoms with E-state index in [1.165, 1.54) is 12.8 Å². The van der Waals surface area contributed by atoms with Crippen molar-refractivity contribution in [3.8, 4) is 0 Å². The van der Waals surface area contributed by atoms with Gasteiger partial charge >= 0.3 is 0 Å². The molecule has 21 heavy (non-hydrogen) atoms.